The molecule has 138 valence electrons. The number of aromatic nitrogens is 4. The summed E-state index contributed by atoms with van der Waals surface area (Å²) in [7, 11) is 0. The predicted molar refractivity (Wildman–Crippen MR) is 103 cm³/mol. The van der Waals surface area contributed by atoms with Crippen molar-refractivity contribution in [1.29, 1.82) is 0 Å². The first kappa shape index (κ1) is 18.1. The quantitative estimate of drug-likeness (QED) is 0.647. The molecule has 2 heterocycles. The average Bonchev–Trinajstić information content (AvgIpc) is 3.04. The SMILES string of the molecule is CCN(CC)CC(C)Nc1ccc2nnc(Cc3ccc(O)cc3)n2n1. The molecule has 26 heavy (non-hydrogen) atoms. The molecule has 2 N–H and O–H groups in total. The molecule has 3 aromatic rings. The van der Waals surface area contributed by atoms with E-state index < -0.39 is 0 Å². The maximum atomic E-state index is 9.42. The minimum atomic E-state index is 0.256. The van der Waals surface area contributed by atoms with Crippen molar-refractivity contribution >= 4 is 11.5 Å². The van der Waals surface area contributed by atoms with Gasteiger partial charge < -0.3 is 15.3 Å². The molecule has 0 spiro atoms. The molecule has 7 heteroatoms. The number of nitrogens with zero attached hydrogens (tertiary/aromatic N) is 5. The van der Waals surface area contributed by atoms with E-state index in [0.29, 0.717) is 6.42 Å². The first-order valence-electron chi connectivity index (χ1n) is 9.07. The lowest BCUT2D eigenvalue weighted by Crippen LogP contribution is -2.35. The summed E-state index contributed by atoms with van der Waals surface area (Å²) in [5.41, 5.74) is 1.77. The molecule has 2 aromatic heterocycles. The molecule has 0 fully saturated rings. The number of anilines is 1. The second kappa shape index (κ2) is 8.14. The molecule has 0 aliphatic rings. The summed E-state index contributed by atoms with van der Waals surface area (Å²) in [6.45, 7) is 9.55. The Morgan fingerprint density at radius 3 is 2.50 bits per heavy atom. The molecule has 0 saturated carbocycles. The van der Waals surface area contributed by atoms with Crippen LogP contribution in [0.2, 0.25) is 0 Å². The standard InChI is InChI=1S/C19H26N6O/c1-4-24(5-2)13-14(3)20-17-10-11-18-21-22-19(25(18)23-17)12-15-6-8-16(26)9-7-15/h6-11,14,26H,4-5,12-13H2,1-3H3,(H,20,23). The predicted octanol–water partition coefficient (Wildman–Crippen LogP) is 2.56. The Morgan fingerprint density at radius 1 is 1.08 bits per heavy atom. The van der Waals surface area contributed by atoms with Gasteiger partial charge >= 0.3 is 0 Å². The molecule has 1 unspecified atom stereocenters. The number of rotatable bonds is 8. The molecule has 3 rings (SSSR count). The van der Waals surface area contributed by atoms with Crippen LogP contribution in [0.4, 0.5) is 5.82 Å². The van der Waals surface area contributed by atoms with Crippen molar-refractivity contribution in [2.24, 2.45) is 0 Å². The molecular formula is C19H26N6O. The van der Waals surface area contributed by atoms with Crippen LogP contribution in [0.25, 0.3) is 5.65 Å². The van der Waals surface area contributed by atoms with E-state index in [9.17, 15) is 5.11 Å². The van der Waals surface area contributed by atoms with Crippen molar-refractivity contribution in [2.45, 2.75) is 33.2 Å². The summed E-state index contributed by atoms with van der Waals surface area (Å²) in [5, 5.41) is 26.0. The van der Waals surface area contributed by atoms with E-state index in [4.69, 9.17) is 0 Å². The van der Waals surface area contributed by atoms with E-state index in [0.717, 1.165) is 42.5 Å². The zero-order valence-electron chi connectivity index (χ0n) is 15.6. The number of hydrogen-bond acceptors (Lipinski definition) is 6. The van der Waals surface area contributed by atoms with Crippen LogP contribution >= 0.6 is 0 Å². The number of likely N-dealkylation sites (N-methyl/N-ethyl adjacent to an activating group) is 1. The molecule has 0 saturated heterocycles. The number of phenols is 1. The van der Waals surface area contributed by atoms with Crippen LogP contribution in [-0.4, -0.2) is 55.5 Å². The highest BCUT2D eigenvalue weighted by Gasteiger charge is 2.11. The van der Waals surface area contributed by atoms with Crippen LogP contribution in [0.15, 0.2) is 36.4 Å². The lowest BCUT2D eigenvalue weighted by atomic mass is 10.1. The van der Waals surface area contributed by atoms with Gasteiger partial charge in [-0.2, -0.15) is 4.52 Å². The molecule has 0 aliphatic carbocycles. The molecule has 0 aliphatic heterocycles. The third-order valence-corrected chi connectivity index (χ3v) is 4.45. The zero-order chi connectivity index (χ0) is 18.5. The summed E-state index contributed by atoms with van der Waals surface area (Å²) in [6, 6.07) is 11.3. The van der Waals surface area contributed by atoms with Crippen molar-refractivity contribution in [3.8, 4) is 5.75 Å². The highest BCUT2D eigenvalue weighted by atomic mass is 16.3. The zero-order valence-corrected chi connectivity index (χ0v) is 15.6. The molecule has 1 aromatic carbocycles. The molecular weight excluding hydrogens is 328 g/mol. The van der Waals surface area contributed by atoms with Gasteiger partial charge in [-0.3, -0.25) is 0 Å². The maximum absolute atomic E-state index is 9.42. The molecule has 1 atom stereocenters. The Balaban J connectivity index is 1.76. The third-order valence-electron chi connectivity index (χ3n) is 4.45. The molecule has 0 radical (unpaired) electrons. The van der Waals surface area contributed by atoms with E-state index >= 15 is 0 Å². The van der Waals surface area contributed by atoms with Crippen molar-refractivity contribution in [1.82, 2.24) is 24.7 Å². The van der Waals surface area contributed by atoms with E-state index in [-0.39, 0.29) is 11.8 Å². The van der Waals surface area contributed by atoms with Gasteiger partial charge in [-0.05, 0) is 49.8 Å². The number of hydrogen-bond donors (Lipinski definition) is 2. The van der Waals surface area contributed by atoms with E-state index in [1.54, 1.807) is 16.6 Å². The van der Waals surface area contributed by atoms with E-state index in [1.807, 2.05) is 24.3 Å². The van der Waals surface area contributed by atoms with Gasteiger partial charge in [0.1, 0.15) is 11.6 Å². The van der Waals surface area contributed by atoms with Crippen molar-refractivity contribution < 1.29 is 5.11 Å². The summed E-state index contributed by atoms with van der Waals surface area (Å²) < 4.78 is 1.78. The molecule has 0 amide bonds. The van der Waals surface area contributed by atoms with Crippen LogP contribution in [0, 0.1) is 0 Å². The Labute approximate surface area is 153 Å². The monoisotopic (exact) mass is 354 g/mol. The van der Waals surface area contributed by atoms with Gasteiger partial charge in [0.2, 0.25) is 0 Å². The van der Waals surface area contributed by atoms with Gasteiger partial charge in [0.05, 0.1) is 0 Å². The molecule has 7 nitrogen and oxygen atoms in total. The maximum Gasteiger partial charge on any atom is 0.178 e. The van der Waals surface area contributed by atoms with Crippen LogP contribution in [0.1, 0.15) is 32.2 Å². The lowest BCUT2D eigenvalue weighted by Gasteiger charge is -2.23. The van der Waals surface area contributed by atoms with Crippen LogP contribution in [0.5, 0.6) is 5.75 Å². The summed E-state index contributed by atoms with van der Waals surface area (Å²) >= 11 is 0. The minimum Gasteiger partial charge on any atom is -0.508 e. The fourth-order valence-electron chi connectivity index (χ4n) is 2.98. The normalized spacial score (nSPS) is 12.6. The Hall–Kier alpha value is -2.67. The number of fused-ring (bicyclic) bond motifs is 1. The average molecular weight is 354 g/mol. The van der Waals surface area contributed by atoms with Gasteiger partial charge in [-0.25, -0.2) is 0 Å². The first-order chi connectivity index (χ1) is 12.6. The van der Waals surface area contributed by atoms with Crippen LogP contribution in [-0.2, 0) is 6.42 Å². The van der Waals surface area contributed by atoms with Crippen molar-refractivity contribution in [2.75, 3.05) is 25.0 Å². The largest absolute Gasteiger partial charge is 0.508 e. The minimum absolute atomic E-state index is 0.256. The van der Waals surface area contributed by atoms with Gasteiger partial charge in [0, 0.05) is 19.0 Å². The fourth-order valence-corrected chi connectivity index (χ4v) is 2.98. The summed E-state index contributed by atoms with van der Waals surface area (Å²) in [4.78, 5) is 2.38. The lowest BCUT2D eigenvalue weighted by molar-refractivity contribution is 0.294. The Morgan fingerprint density at radius 2 is 1.81 bits per heavy atom. The number of aromatic hydroxyl groups is 1. The van der Waals surface area contributed by atoms with Gasteiger partial charge in [0.15, 0.2) is 11.5 Å². The van der Waals surface area contributed by atoms with Crippen LogP contribution < -0.4 is 5.32 Å². The molecule has 0 bridgehead atoms. The Kier molecular flexibility index (Phi) is 5.68. The smallest absolute Gasteiger partial charge is 0.178 e. The van der Waals surface area contributed by atoms with E-state index in [2.05, 4.69) is 46.3 Å². The van der Waals surface area contributed by atoms with Gasteiger partial charge in [0.25, 0.3) is 0 Å². The number of benzene rings is 1. The third kappa shape index (κ3) is 4.29. The fraction of sp³-hybridized carbons (Fsp3) is 0.421. The highest BCUT2D eigenvalue weighted by Crippen LogP contribution is 2.14. The van der Waals surface area contributed by atoms with E-state index in [1.165, 1.54) is 0 Å². The second-order valence-corrected chi connectivity index (χ2v) is 6.48. The summed E-state index contributed by atoms with van der Waals surface area (Å²) in [5.74, 6) is 1.83. The van der Waals surface area contributed by atoms with Crippen molar-refractivity contribution in [3.05, 3.63) is 47.8 Å². The summed E-state index contributed by atoms with van der Waals surface area (Å²) in [6.07, 6.45) is 0.604. The second-order valence-electron chi connectivity index (χ2n) is 6.48. The number of nitrogens with one attached hydrogen (secondary N) is 1. The van der Waals surface area contributed by atoms with Gasteiger partial charge in [-0.15, -0.1) is 15.3 Å². The highest BCUT2D eigenvalue weighted by molar-refractivity contribution is 5.44. The van der Waals surface area contributed by atoms with Crippen LogP contribution in [0.3, 0.4) is 0 Å². The van der Waals surface area contributed by atoms with Gasteiger partial charge in [-0.1, -0.05) is 26.0 Å². The Bertz CT molecular complexity index is 841. The number of phenolic OH excluding ortho intramolecular Hbond substituents is 1. The van der Waals surface area contributed by atoms with Crippen molar-refractivity contribution in [3.63, 3.8) is 0 Å². The topological polar surface area (TPSA) is 78.6 Å². The first-order valence-corrected chi connectivity index (χ1v) is 9.07.